The van der Waals surface area contributed by atoms with Crippen molar-refractivity contribution in [2.24, 2.45) is 0 Å². The fourth-order valence-electron chi connectivity index (χ4n) is 1.94. The fraction of sp³-hybridized carbons (Fsp3) is 0.267. The van der Waals surface area contributed by atoms with Gasteiger partial charge in [0.2, 0.25) is 0 Å². The standard InChI is InChI=1S/C15H18N2O/c1-18-15-8-3-2-6-13(15)9-11-16-12-14-7-4-5-10-17-14/h2-8,10,16H,9,11-12H2,1H3/p+1. The van der Waals surface area contributed by atoms with Crippen LogP contribution in [0.4, 0.5) is 0 Å². The number of rotatable bonds is 6. The van der Waals surface area contributed by atoms with Crippen molar-refractivity contribution >= 4 is 0 Å². The summed E-state index contributed by atoms with van der Waals surface area (Å²) in [5.74, 6) is 0.976. The van der Waals surface area contributed by atoms with Gasteiger partial charge < -0.3 is 10.1 Å². The van der Waals surface area contributed by atoms with E-state index in [4.69, 9.17) is 4.74 Å². The molecule has 1 heterocycles. The fourth-order valence-corrected chi connectivity index (χ4v) is 1.94. The summed E-state index contributed by atoms with van der Waals surface area (Å²) >= 11 is 0. The van der Waals surface area contributed by atoms with E-state index in [1.807, 2.05) is 30.5 Å². The van der Waals surface area contributed by atoms with E-state index in [2.05, 4.69) is 28.5 Å². The molecule has 0 unspecified atom stereocenters. The number of hydrogen-bond donors (Lipinski definition) is 1. The third kappa shape index (κ3) is 3.57. The van der Waals surface area contributed by atoms with Gasteiger partial charge in [0.05, 0.1) is 19.3 Å². The number of nitrogens with zero attached hydrogens (tertiary/aromatic N) is 1. The lowest BCUT2D eigenvalue weighted by Gasteiger charge is -2.07. The molecule has 3 heteroatoms. The molecule has 0 saturated carbocycles. The third-order valence-electron chi connectivity index (χ3n) is 2.89. The van der Waals surface area contributed by atoms with E-state index >= 15 is 0 Å². The lowest BCUT2D eigenvalue weighted by atomic mass is 10.1. The summed E-state index contributed by atoms with van der Waals surface area (Å²) in [6.07, 6.45) is 2.85. The molecule has 0 bridgehead atoms. The highest BCUT2D eigenvalue weighted by molar-refractivity contribution is 5.33. The first-order valence-corrected chi connectivity index (χ1v) is 6.23. The summed E-state index contributed by atoms with van der Waals surface area (Å²) in [7, 11) is 1.72. The number of aromatic nitrogens is 1. The molecule has 18 heavy (non-hydrogen) atoms. The Morgan fingerprint density at radius 3 is 2.72 bits per heavy atom. The summed E-state index contributed by atoms with van der Waals surface area (Å²) < 4.78 is 5.33. The molecule has 0 amide bonds. The summed E-state index contributed by atoms with van der Waals surface area (Å²) in [5, 5.41) is 2.27. The molecule has 0 aliphatic rings. The third-order valence-corrected chi connectivity index (χ3v) is 2.89. The van der Waals surface area contributed by atoms with Gasteiger partial charge in [0, 0.05) is 12.6 Å². The minimum absolute atomic E-state index is 0.927. The Hall–Kier alpha value is -1.87. The predicted octanol–water partition coefficient (Wildman–Crippen LogP) is 1.40. The monoisotopic (exact) mass is 243 g/mol. The van der Waals surface area contributed by atoms with Gasteiger partial charge in [-0.1, -0.05) is 24.3 Å². The average molecular weight is 243 g/mol. The number of quaternary nitrogens is 1. The Labute approximate surface area is 108 Å². The molecule has 2 rings (SSSR count). The quantitative estimate of drug-likeness (QED) is 0.779. The van der Waals surface area contributed by atoms with Crippen LogP contribution in [-0.4, -0.2) is 18.6 Å². The van der Waals surface area contributed by atoms with Crippen LogP contribution in [0.2, 0.25) is 0 Å². The van der Waals surface area contributed by atoms with Gasteiger partial charge in [0.25, 0.3) is 0 Å². The zero-order chi connectivity index (χ0) is 12.6. The Kier molecular flexibility index (Phi) is 4.73. The van der Waals surface area contributed by atoms with Gasteiger partial charge >= 0.3 is 0 Å². The number of pyridine rings is 1. The van der Waals surface area contributed by atoms with Crippen LogP contribution >= 0.6 is 0 Å². The summed E-state index contributed by atoms with van der Waals surface area (Å²) in [4.78, 5) is 4.30. The molecule has 3 nitrogen and oxygen atoms in total. The van der Waals surface area contributed by atoms with E-state index in [0.717, 1.165) is 31.0 Å². The number of hydrogen-bond acceptors (Lipinski definition) is 2. The second kappa shape index (κ2) is 6.77. The van der Waals surface area contributed by atoms with Crippen LogP contribution in [0.15, 0.2) is 48.7 Å². The van der Waals surface area contributed by atoms with Gasteiger partial charge in [-0.25, -0.2) is 0 Å². The lowest BCUT2D eigenvalue weighted by molar-refractivity contribution is -0.670. The van der Waals surface area contributed by atoms with E-state index in [0.29, 0.717) is 0 Å². The zero-order valence-corrected chi connectivity index (χ0v) is 10.7. The molecule has 1 aromatic carbocycles. The second-order valence-corrected chi connectivity index (χ2v) is 4.16. The van der Waals surface area contributed by atoms with E-state index < -0.39 is 0 Å². The van der Waals surface area contributed by atoms with Crippen LogP contribution in [0.5, 0.6) is 5.75 Å². The number of para-hydroxylation sites is 1. The molecule has 0 saturated heterocycles. The topological polar surface area (TPSA) is 38.7 Å². The molecule has 0 fully saturated rings. The first-order valence-electron chi connectivity index (χ1n) is 6.23. The smallest absolute Gasteiger partial charge is 0.122 e. The van der Waals surface area contributed by atoms with Crippen molar-refractivity contribution in [3.63, 3.8) is 0 Å². The highest BCUT2D eigenvalue weighted by Gasteiger charge is 2.02. The lowest BCUT2D eigenvalue weighted by Crippen LogP contribution is -2.83. The average Bonchev–Trinajstić information content (AvgIpc) is 2.45. The Morgan fingerprint density at radius 1 is 1.11 bits per heavy atom. The van der Waals surface area contributed by atoms with E-state index in [1.165, 1.54) is 5.56 Å². The summed E-state index contributed by atoms with van der Waals surface area (Å²) in [5.41, 5.74) is 2.38. The van der Waals surface area contributed by atoms with Crippen LogP contribution in [0.25, 0.3) is 0 Å². The van der Waals surface area contributed by atoms with E-state index in [-0.39, 0.29) is 0 Å². The van der Waals surface area contributed by atoms with Crippen LogP contribution in [0.1, 0.15) is 11.3 Å². The van der Waals surface area contributed by atoms with Crippen LogP contribution in [0, 0.1) is 0 Å². The molecule has 94 valence electrons. The molecule has 0 aliphatic heterocycles. The van der Waals surface area contributed by atoms with Crippen molar-refractivity contribution in [3.05, 3.63) is 59.9 Å². The molecule has 0 spiro atoms. The van der Waals surface area contributed by atoms with E-state index in [1.54, 1.807) is 7.11 Å². The molecule has 0 radical (unpaired) electrons. The Morgan fingerprint density at radius 2 is 1.94 bits per heavy atom. The van der Waals surface area contributed by atoms with Crippen molar-refractivity contribution in [3.8, 4) is 5.75 Å². The molecule has 1 aromatic heterocycles. The number of nitrogens with two attached hydrogens (primary N) is 1. The largest absolute Gasteiger partial charge is 0.496 e. The van der Waals surface area contributed by atoms with E-state index in [9.17, 15) is 0 Å². The minimum atomic E-state index is 0.927. The first kappa shape index (κ1) is 12.6. The number of ether oxygens (including phenoxy) is 1. The van der Waals surface area contributed by atoms with Gasteiger partial charge in [-0.05, 0) is 23.8 Å². The highest BCUT2D eigenvalue weighted by Crippen LogP contribution is 2.16. The molecule has 2 aromatic rings. The predicted molar refractivity (Wildman–Crippen MR) is 71.4 cm³/mol. The number of methoxy groups -OCH3 is 1. The van der Waals surface area contributed by atoms with Crippen molar-refractivity contribution in [2.45, 2.75) is 13.0 Å². The molecule has 0 aliphatic carbocycles. The summed E-state index contributed by atoms with van der Waals surface area (Å²) in [6, 6.07) is 14.2. The minimum Gasteiger partial charge on any atom is -0.496 e. The van der Waals surface area contributed by atoms with Gasteiger partial charge in [0.15, 0.2) is 0 Å². The van der Waals surface area contributed by atoms with Crippen LogP contribution in [0.3, 0.4) is 0 Å². The van der Waals surface area contributed by atoms with Crippen molar-refractivity contribution in [1.82, 2.24) is 4.98 Å². The summed E-state index contributed by atoms with van der Waals surface area (Å²) in [6.45, 7) is 1.97. The Balaban J connectivity index is 1.78. The molecular formula is C15H19N2O+. The first-order chi connectivity index (χ1) is 8.90. The highest BCUT2D eigenvalue weighted by atomic mass is 16.5. The normalized spacial score (nSPS) is 10.3. The second-order valence-electron chi connectivity index (χ2n) is 4.16. The van der Waals surface area contributed by atoms with Gasteiger partial charge in [-0.2, -0.15) is 0 Å². The number of benzene rings is 1. The maximum Gasteiger partial charge on any atom is 0.122 e. The van der Waals surface area contributed by atoms with Crippen LogP contribution < -0.4 is 10.1 Å². The van der Waals surface area contributed by atoms with Gasteiger partial charge in [0.1, 0.15) is 12.3 Å². The van der Waals surface area contributed by atoms with Crippen molar-refractivity contribution in [1.29, 1.82) is 0 Å². The van der Waals surface area contributed by atoms with Gasteiger partial charge in [-0.15, -0.1) is 0 Å². The molecule has 0 atom stereocenters. The maximum atomic E-state index is 5.33. The van der Waals surface area contributed by atoms with Gasteiger partial charge in [-0.3, -0.25) is 4.98 Å². The maximum absolute atomic E-state index is 5.33. The molecule has 2 N–H and O–H groups in total. The van der Waals surface area contributed by atoms with Crippen LogP contribution in [-0.2, 0) is 13.0 Å². The Bertz CT molecular complexity index is 471. The zero-order valence-electron chi connectivity index (χ0n) is 10.7. The van der Waals surface area contributed by atoms with Crippen molar-refractivity contribution < 1.29 is 10.1 Å². The molecular weight excluding hydrogens is 224 g/mol. The van der Waals surface area contributed by atoms with Crippen molar-refractivity contribution in [2.75, 3.05) is 13.7 Å². The SMILES string of the molecule is COc1ccccc1CC[NH2+]Cc1ccccn1.